The molecule has 0 radical (unpaired) electrons. The zero-order valence-electron chi connectivity index (χ0n) is 8.97. The molecule has 1 N–H and O–H groups in total. The van der Waals surface area contributed by atoms with Crippen LogP contribution in [0.4, 0.5) is 0 Å². The smallest absolute Gasteiger partial charge is 0.0586 e. The number of likely N-dealkylation sites (tertiary alicyclic amines) is 1. The number of aromatic nitrogens is 1. The van der Waals surface area contributed by atoms with Crippen LogP contribution in [-0.2, 0) is 6.42 Å². The van der Waals surface area contributed by atoms with Gasteiger partial charge in [0.1, 0.15) is 0 Å². The summed E-state index contributed by atoms with van der Waals surface area (Å²) in [5.74, 6) is 0. The van der Waals surface area contributed by atoms with Crippen LogP contribution in [0.3, 0.4) is 0 Å². The maximum absolute atomic E-state index is 9.18. The highest BCUT2D eigenvalue weighted by Gasteiger charge is 2.22. The van der Waals surface area contributed by atoms with Gasteiger partial charge < -0.3 is 5.11 Å². The van der Waals surface area contributed by atoms with E-state index in [1.165, 1.54) is 12.0 Å². The van der Waals surface area contributed by atoms with Crippen LogP contribution >= 0.6 is 0 Å². The van der Waals surface area contributed by atoms with Crippen LogP contribution < -0.4 is 0 Å². The summed E-state index contributed by atoms with van der Waals surface area (Å²) in [4.78, 5) is 6.39. The Morgan fingerprint density at radius 2 is 2.20 bits per heavy atom. The van der Waals surface area contributed by atoms with E-state index < -0.39 is 0 Å². The lowest BCUT2D eigenvalue weighted by atomic mass is 10.2. The first kappa shape index (κ1) is 10.6. The fraction of sp³-hybridized carbons (Fsp3) is 0.583. The number of pyridine rings is 1. The summed E-state index contributed by atoms with van der Waals surface area (Å²) < 4.78 is 0. The SMILES string of the molecule is OC[C@@H]1CCCN1CCc1ccncc1. The van der Waals surface area contributed by atoms with Gasteiger partial charge in [0.15, 0.2) is 0 Å². The molecule has 0 spiro atoms. The van der Waals surface area contributed by atoms with E-state index >= 15 is 0 Å². The fourth-order valence-electron chi connectivity index (χ4n) is 2.22. The van der Waals surface area contributed by atoms with Crippen molar-refractivity contribution in [2.75, 3.05) is 19.7 Å². The van der Waals surface area contributed by atoms with Crippen molar-refractivity contribution in [1.29, 1.82) is 0 Å². The second-order valence-corrected chi connectivity index (χ2v) is 4.12. The lowest BCUT2D eigenvalue weighted by Crippen LogP contribution is -2.33. The molecule has 0 aliphatic carbocycles. The van der Waals surface area contributed by atoms with E-state index in [0.29, 0.717) is 12.6 Å². The lowest BCUT2D eigenvalue weighted by molar-refractivity contribution is 0.160. The standard InChI is InChI=1S/C12H18N2O/c15-10-12-2-1-8-14(12)9-5-11-3-6-13-7-4-11/h3-4,6-7,12,15H,1-2,5,8-10H2/t12-/m0/s1. The first-order valence-corrected chi connectivity index (χ1v) is 5.64. The Morgan fingerprint density at radius 3 is 2.93 bits per heavy atom. The predicted octanol–water partition coefficient (Wildman–Crippen LogP) is 1.08. The Balaban J connectivity index is 1.83. The highest BCUT2D eigenvalue weighted by molar-refractivity contribution is 5.10. The Labute approximate surface area is 90.8 Å². The minimum absolute atomic E-state index is 0.302. The van der Waals surface area contributed by atoms with Crippen molar-refractivity contribution in [3.05, 3.63) is 30.1 Å². The van der Waals surface area contributed by atoms with Gasteiger partial charge in [0.2, 0.25) is 0 Å². The maximum Gasteiger partial charge on any atom is 0.0586 e. The first-order chi connectivity index (χ1) is 7.40. The number of aliphatic hydroxyl groups is 1. The molecule has 0 saturated carbocycles. The number of nitrogens with zero attached hydrogens (tertiary/aromatic N) is 2. The second kappa shape index (κ2) is 5.24. The molecule has 1 aromatic rings. The van der Waals surface area contributed by atoms with Crippen molar-refractivity contribution < 1.29 is 5.11 Å². The van der Waals surface area contributed by atoms with Crippen molar-refractivity contribution >= 4 is 0 Å². The molecular weight excluding hydrogens is 188 g/mol. The molecule has 82 valence electrons. The normalized spacial score (nSPS) is 22.1. The fourth-order valence-corrected chi connectivity index (χ4v) is 2.22. The predicted molar refractivity (Wildman–Crippen MR) is 59.6 cm³/mol. The second-order valence-electron chi connectivity index (χ2n) is 4.12. The topological polar surface area (TPSA) is 36.4 Å². The van der Waals surface area contributed by atoms with E-state index in [1.807, 2.05) is 12.4 Å². The van der Waals surface area contributed by atoms with E-state index in [9.17, 15) is 5.11 Å². The maximum atomic E-state index is 9.18. The molecule has 3 nitrogen and oxygen atoms in total. The number of hydrogen-bond donors (Lipinski definition) is 1. The highest BCUT2D eigenvalue weighted by atomic mass is 16.3. The van der Waals surface area contributed by atoms with Gasteiger partial charge in [0.05, 0.1) is 6.61 Å². The van der Waals surface area contributed by atoms with Gasteiger partial charge in [-0.15, -0.1) is 0 Å². The summed E-state index contributed by atoms with van der Waals surface area (Å²) in [6.07, 6.45) is 7.10. The molecule has 1 atom stereocenters. The van der Waals surface area contributed by atoms with Crippen LogP contribution in [0.2, 0.25) is 0 Å². The highest BCUT2D eigenvalue weighted by Crippen LogP contribution is 2.16. The van der Waals surface area contributed by atoms with Gasteiger partial charge in [0, 0.05) is 25.0 Å². The molecule has 0 bridgehead atoms. The van der Waals surface area contributed by atoms with Crippen LogP contribution in [0.1, 0.15) is 18.4 Å². The minimum atomic E-state index is 0.302. The Kier molecular flexibility index (Phi) is 3.69. The third-order valence-corrected chi connectivity index (χ3v) is 3.15. The Morgan fingerprint density at radius 1 is 1.40 bits per heavy atom. The molecule has 1 aromatic heterocycles. The van der Waals surface area contributed by atoms with Crippen LogP contribution in [0.5, 0.6) is 0 Å². The average molecular weight is 206 g/mol. The Hall–Kier alpha value is -0.930. The van der Waals surface area contributed by atoms with E-state index in [1.54, 1.807) is 0 Å². The number of aliphatic hydroxyl groups excluding tert-OH is 1. The average Bonchev–Trinajstić information content (AvgIpc) is 2.75. The summed E-state index contributed by atoms with van der Waals surface area (Å²) in [6, 6.07) is 4.51. The minimum Gasteiger partial charge on any atom is -0.395 e. The van der Waals surface area contributed by atoms with Crippen LogP contribution in [0, 0.1) is 0 Å². The van der Waals surface area contributed by atoms with Gasteiger partial charge in [-0.25, -0.2) is 0 Å². The first-order valence-electron chi connectivity index (χ1n) is 5.64. The third kappa shape index (κ3) is 2.76. The van der Waals surface area contributed by atoms with Gasteiger partial charge in [-0.2, -0.15) is 0 Å². The molecule has 1 fully saturated rings. The molecule has 2 rings (SSSR count). The molecule has 0 unspecified atom stereocenters. The molecule has 1 saturated heterocycles. The van der Waals surface area contributed by atoms with Gasteiger partial charge in [-0.3, -0.25) is 9.88 Å². The molecular formula is C12H18N2O. The van der Waals surface area contributed by atoms with Crippen LogP contribution in [0.15, 0.2) is 24.5 Å². The lowest BCUT2D eigenvalue weighted by Gasteiger charge is -2.22. The quantitative estimate of drug-likeness (QED) is 0.801. The van der Waals surface area contributed by atoms with E-state index in [2.05, 4.69) is 22.0 Å². The molecule has 15 heavy (non-hydrogen) atoms. The molecule has 2 heterocycles. The van der Waals surface area contributed by atoms with E-state index in [-0.39, 0.29) is 0 Å². The summed E-state index contributed by atoms with van der Waals surface area (Å²) in [5.41, 5.74) is 1.33. The molecule has 3 heteroatoms. The summed E-state index contributed by atoms with van der Waals surface area (Å²) in [5, 5.41) is 9.18. The van der Waals surface area contributed by atoms with Gasteiger partial charge >= 0.3 is 0 Å². The largest absolute Gasteiger partial charge is 0.395 e. The number of rotatable bonds is 4. The van der Waals surface area contributed by atoms with Gasteiger partial charge in [0.25, 0.3) is 0 Å². The zero-order valence-corrected chi connectivity index (χ0v) is 8.97. The van der Waals surface area contributed by atoms with Gasteiger partial charge in [-0.05, 0) is 43.5 Å². The molecule has 0 aromatic carbocycles. The van der Waals surface area contributed by atoms with Crippen molar-refractivity contribution in [3.8, 4) is 0 Å². The summed E-state index contributed by atoms with van der Waals surface area (Å²) in [6.45, 7) is 2.49. The van der Waals surface area contributed by atoms with E-state index in [4.69, 9.17) is 0 Å². The molecule has 1 aliphatic rings. The van der Waals surface area contributed by atoms with Crippen molar-refractivity contribution in [2.24, 2.45) is 0 Å². The summed E-state index contributed by atoms with van der Waals surface area (Å²) in [7, 11) is 0. The molecule has 1 aliphatic heterocycles. The van der Waals surface area contributed by atoms with Crippen LogP contribution in [0.25, 0.3) is 0 Å². The van der Waals surface area contributed by atoms with Crippen molar-refractivity contribution in [2.45, 2.75) is 25.3 Å². The van der Waals surface area contributed by atoms with E-state index in [0.717, 1.165) is 25.9 Å². The Bertz CT molecular complexity index is 289. The molecule has 0 amide bonds. The number of hydrogen-bond acceptors (Lipinski definition) is 3. The summed E-state index contributed by atoms with van der Waals surface area (Å²) >= 11 is 0. The monoisotopic (exact) mass is 206 g/mol. The van der Waals surface area contributed by atoms with Crippen molar-refractivity contribution in [3.63, 3.8) is 0 Å². The van der Waals surface area contributed by atoms with Gasteiger partial charge in [-0.1, -0.05) is 0 Å². The third-order valence-electron chi connectivity index (χ3n) is 3.15. The van der Waals surface area contributed by atoms with Crippen LogP contribution in [-0.4, -0.2) is 40.7 Å². The van der Waals surface area contributed by atoms with Crippen molar-refractivity contribution in [1.82, 2.24) is 9.88 Å². The zero-order chi connectivity index (χ0) is 10.5.